The molecule has 3 heteroatoms. The average Bonchev–Trinajstić information content (AvgIpc) is 2.03. The number of hydrogen-bond acceptors (Lipinski definition) is 2. The van der Waals surface area contributed by atoms with Crippen LogP contribution in [0.2, 0.25) is 0 Å². The number of hydroxylamine groups is 1. The topological polar surface area (TPSA) is 49.3 Å². The fourth-order valence-corrected chi connectivity index (χ4v) is 1.13. The van der Waals surface area contributed by atoms with Crippen LogP contribution in [0.15, 0.2) is 18.2 Å². The van der Waals surface area contributed by atoms with Crippen molar-refractivity contribution in [1.29, 1.82) is 0 Å². The molecule has 64 valence electrons. The van der Waals surface area contributed by atoms with E-state index in [0.717, 1.165) is 11.1 Å². The van der Waals surface area contributed by atoms with Crippen molar-refractivity contribution in [3.05, 3.63) is 34.9 Å². The van der Waals surface area contributed by atoms with Gasteiger partial charge in [-0.15, -0.1) is 0 Å². The van der Waals surface area contributed by atoms with Gasteiger partial charge in [-0.2, -0.15) is 0 Å². The van der Waals surface area contributed by atoms with Gasteiger partial charge in [0.1, 0.15) is 0 Å². The number of benzene rings is 1. The van der Waals surface area contributed by atoms with Gasteiger partial charge in [0.25, 0.3) is 5.91 Å². The van der Waals surface area contributed by atoms with Crippen molar-refractivity contribution in [2.75, 3.05) is 0 Å². The van der Waals surface area contributed by atoms with E-state index in [9.17, 15) is 4.79 Å². The third-order valence-electron chi connectivity index (χ3n) is 1.73. The summed E-state index contributed by atoms with van der Waals surface area (Å²) in [7, 11) is 0. The minimum Gasteiger partial charge on any atom is -0.288 e. The first-order valence-corrected chi connectivity index (χ1v) is 3.67. The average molecular weight is 165 g/mol. The molecular weight excluding hydrogens is 154 g/mol. The number of aryl methyl sites for hydroxylation is 2. The predicted octanol–water partition coefficient (Wildman–Crippen LogP) is 1.42. The van der Waals surface area contributed by atoms with Gasteiger partial charge >= 0.3 is 0 Å². The zero-order valence-electron chi connectivity index (χ0n) is 7.09. The van der Waals surface area contributed by atoms with Gasteiger partial charge in [0, 0.05) is 5.56 Å². The summed E-state index contributed by atoms with van der Waals surface area (Å²) in [6.07, 6.45) is 0. The molecule has 1 amide bonds. The van der Waals surface area contributed by atoms with Crippen LogP contribution in [-0.4, -0.2) is 11.1 Å². The minimum absolute atomic E-state index is 0.465. The van der Waals surface area contributed by atoms with Gasteiger partial charge < -0.3 is 0 Å². The molecule has 0 bridgehead atoms. The first-order valence-electron chi connectivity index (χ1n) is 3.67. The van der Waals surface area contributed by atoms with Crippen LogP contribution in [0.3, 0.4) is 0 Å². The van der Waals surface area contributed by atoms with Crippen molar-refractivity contribution < 1.29 is 10.0 Å². The predicted molar refractivity (Wildman–Crippen MR) is 45.2 cm³/mol. The molecular formula is C9H11NO2. The van der Waals surface area contributed by atoms with E-state index in [4.69, 9.17) is 5.21 Å². The second kappa shape index (κ2) is 3.36. The Kier molecular flexibility index (Phi) is 2.45. The Hall–Kier alpha value is -1.35. The molecule has 3 nitrogen and oxygen atoms in total. The number of nitrogens with one attached hydrogen (secondary N) is 1. The lowest BCUT2D eigenvalue weighted by Gasteiger charge is -2.03. The summed E-state index contributed by atoms with van der Waals surface area (Å²) in [5, 5.41) is 8.38. The maximum Gasteiger partial charge on any atom is 0.274 e. The summed E-state index contributed by atoms with van der Waals surface area (Å²) in [6.45, 7) is 3.78. The standard InChI is InChI=1S/C9H11NO2/c1-6-3-4-8(7(2)5-6)9(11)10-12/h3-5,12H,1-2H3,(H,10,11). The van der Waals surface area contributed by atoms with Crippen LogP contribution in [0.1, 0.15) is 21.5 Å². The molecule has 0 radical (unpaired) electrons. The first kappa shape index (κ1) is 8.74. The summed E-state index contributed by atoms with van der Waals surface area (Å²) in [5.74, 6) is -0.465. The molecule has 0 aromatic heterocycles. The molecule has 0 heterocycles. The lowest BCUT2D eigenvalue weighted by atomic mass is 10.1. The second-order valence-corrected chi connectivity index (χ2v) is 2.76. The summed E-state index contributed by atoms with van der Waals surface area (Å²) < 4.78 is 0. The first-order chi connectivity index (χ1) is 5.65. The zero-order chi connectivity index (χ0) is 9.14. The summed E-state index contributed by atoms with van der Waals surface area (Å²) in [5.41, 5.74) is 4.07. The SMILES string of the molecule is Cc1ccc(C(=O)NO)c(C)c1. The van der Waals surface area contributed by atoms with Crippen molar-refractivity contribution >= 4 is 5.91 Å². The van der Waals surface area contributed by atoms with Crippen LogP contribution in [0.4, 0.5) is 0 Å². The lowest BCUT2D eigenvalue weighted by Crippen LogP contribution is -2.19. The van der Waals surface area contributed by atoms with Crippen molar-refractivity contribution in [2.45, 2.75) is 13.8 Å². The molecule has 2 N–H and O–H groups in total. The molecule has 0 spiro atoms. The quantitative estimate of drug-likeness (QED) is 0.488. The normalized spacial score (nSPS) is 9.58. The van der Waals surface area contributed by atoms with E-state index in [1.807, 2.05) is 26.0 Å². The van der Waals surface area contributed by atoms with E-state index < -0.39 is 5.91 Å². The number of carbonyl (C=O) groups is 1. The Morgan fingerprint density at radius 2 is 2.08 bits per heavy atom. The second-order valence-electron chi connectivity index (χ2n) is 2.76. The molecule has 1 rings (SSSR count). The third-order valence-corrected chi connectivity index (χ3v) is 1.73. The van der Waals surface area contributed by atoms with Crippen molar-refractivity contribution in [1.82, 2.24) is 5.48 Å². The van der Waals surface area contributed by atoms with Gasteiger partial charge in [-0.25, -0.2) is 5.48 Å². The Labute approximate surface area is 71.0 Å². The molecule has 1 aromatic carbocycles. The van der Waals surface area contributed by atoms with Crippen LogP contribution in [0.5, 0.6) is 0 Å². The Bertz CT molecular complexity index is 307. The molecule has 0 atom stereocenters. The molecule has 1 aromatic rings. The molecule has 0 saturated heterocycles. The number of amides is 1. The van der Waals surface area contributed by atoms with Gasteiger partial charge in [0.2, 0.25) is 0 Å². The molecule has 12 heavy (non-hydrogen) atoms. The maximum absolute atomic E-state index is 11.0. The van der Waals surface area contributed by atoms with Crippen molar-refractivity contribution in [3.8, 4) is 0 Å². The van der Waals surface area contributed by atoms with Gasteiger partial charge in [-0.05, 0) is 25.5 Å². The van der Waals surface area contributed by atoms with Crippen LogP contribution < -0.4 is 5.48 Å². The third kappa shape index (κ3) is 1.62. The molecule has 0 aliphatic carbocycles. The highest BCUT2D eigenvalue weighted by atomic mass is 16.5. The monoisotopic (exact) mass is 165 g/mol. The van der Waals surface area contributed by atoms with E-state index in [2.05, 4.69) is 0 Å². The summed E-state index contributed by atoms with van der Waals surface area (Å²) >= 11 is 0. The highest BCUT2D eigenvalue weighted by Gasteiger charge is 2.06. The Balaban J connectivity index is 3.09. The van der Waals surface area contributed by atoms with E-state index >= 15 is 0 Å². The molecule has 0 aliphatic heterocycles. The fourth-order valence-electron chi connectivity index (χ4n) is 1.13. The van der Waals surface area contributed by atoms with E-state index in [0.29, 0.717) is 5.56 Å². The molecule has 0 fully saturated rings. The smallest absolute Gasteiger partial charge is 0.274 e. The van der Waals surface area contributed by atoms with Crippen LogP contribution >= 0.6 is 0 Å². The Morgan fingerprint density at radius 1 is 1.42 bits per heavy atom. The molecule has 0 unspecified atom stereocenters. The highest BCUT2D eigenvalue weighted by molar-refractivity contribution is 5.94. The van der Waals surface area contributed by atoms with E-state index in [1.54, 1.807) is 11.5 Å². The van der Waals surface area contributed by atoms with Crippen LogP contribution in [-0.2, 0) is 0 Å². The zero-order valence-corrected chi connectivity index (χ0v) is 7.09. The van der Waals surface area contributed by atoms with Gasteiger partial charge in [0.05, 0.1) is 0 Å². The molecule has 0 saturated carbocycles. The minimum atomic E-state index is -0.465. The van der Waals surface area contributed by atoms with Crippen molar-refractivity contribution in [3.63, 3.8) is 0 Å². The van der Waals surface area contributed by atoms with E-state index in [-0.39, 0.29) is 0 Å². The van der Waals surface area contributed by atoms with E-state index in [1.165, 1.54) is 0 Å². The largest absolute Gasteiger partial charge is 0.288 e. The van der Waals surface area contributed by atoms with Gasteiger partial charge in [0.15, 0.2) is 0 Å². The van der Waals surface area contributed by atoms with Gasteiger partial charge in [-0.1, -0.05) is 17.7 Å². The Morgan fingerprint density at radius 3 is 2.58 bits per heavy atom. The number of carbonyl (C=O) groups excluding carboxylic acids is 1. The number of rotatable bonds is 1. The summed E-state index contributed by atoms with van der Waals surface area (Å²) in [4.78, 5) is 11.0. The van der Waals surface area contributed by atoms with Gasteiger partial charge in [-0.3, -0.25) is 10.0 Å². The maximum atomic E-state index is 11.0. The highest BCUT2D eigenvalue weighted by Crippen LogP contribution is 2.09. The van der Waals surface area contributed by atoms with Crippen molar-refractivity contribution in [2.24, 2.45) is 0 Å². The molecule has 0 aliphatic rings. The van der Waals surface area contributed by atoms with Crippen LogP contribution in [0.25, 0.3) is 0 Å². The fraction of sp³-hybridized carbons (Fsp3) is 0.222. The summed E-state index contributed by atoms with van der Waals surface area (Å²) in [6, 6.07) is 5.42. The van der Waals surface area contributed by atoms with Crippen LogP contribution in [0, 0.1) is 13.8 Å². The lowest BCUT2D eigenvalue weighted by molar-refractivity contribution is 0.0705. The number of hydrogen-bond donors (Lipinski definition) is 2.